The fourth-order valence-corrected chi connectivity index (χ4v) is 6.81. The van der Waals surface area contributed by atoms with Gasteiger partial charge in [0.15, 0.2) is 6.10 Å². The van der Waals surface area contributed by atoms with E-state index in [4.69, 9.17) is 16.3 Å². The lowest BCUT2D eigenvalue weighted by Gasteiger charge is -2.58. The highest BCUT2D eigenvalue weighted by Crippen LogP contribution is 2.64. The van der Waals surface area contributed by atoms with Crippen LogP contribution < -0.4 is 5.32 Å². The Hall–Kier alpha value is -0.770. The van der Waals surface area contributed by atoms with Crippen LogP contribution in [0, 0.1) is 17.3 Å². The number of esters is 1. The lowest BCUT2D eigenvalue weighted by Crippen LogP contribution is -2.57. The summed E-state index contributed by atoms with van der Waals surface area (Å²) in [6.07, 6.45) is 9.51. The average molecular weight is 354 g/mol. The molecule has 3 atom stereocenters. The monoisotopic (exact) mass is 353 g/mol. The van der Waals surface area contributed by atoms with E-state index in [1.54, 1.807) is 6.92 Å². The molecule has 0 unspecified atom stereocenters. The Morgan fingerprint density at radius 2 is 1.75 bits per heavy atom. The largest absolute Gasteiger partial charge is 0.452 e. The van der Waals surface area contributed by atoms with Crippen molar-refractivity contribution in [1.29, 1.82) is 0 Å². The van der Waals surface area contributed by atoms with E-state index < -0.39 is 11.5 Å². The first kappa shape index (κ1) is 16.7. The van der Waals surface area contributed by atoms with Gasteiger partial charge in [-0.1, -0.05) is 12.8 Å². The molecule has 134 valence electrons. The van der Waals surface area contributed by atoms with E-state index in [1.165, 1.54) is 19.3 Å². The minimum absolute atomic E-state index is 0.152. The smallest absolute Gasteiger partial charge is 0.312 e. The maximum Gasteiger partial charge on any atom is 0.312 e. The highest BCUT2D eigenvalue weighted by molar-refractivity contribution is 6.24. The lowest BCUT2D eigenvalue weighted by molar-refractivity contribution is -0.177. The first-order valence-corrected chi connectivity index (χ1v) is 9.96. The third kappa shape index (κ3) is 2.95. The highest BCUT2D eigenvalue weighted by atomic mass is 35.5. The van der Waals surface area contributed by atoms with E-state index >= 15 is 0 Å². The third-order valence-electron chi connectivity index (χ3n) is 6.78. The predicted molar refractivity (Wildman–Crippen MR) is 91.7 cm³/mol. The minimum atomic E-state index is -0.711. The number of carbonyl (C=O) groups is 2. The molecule has 1 N–H and O–H groups in total. The molecule has 0 saturated heterocycles. The topological polar surface area (TPSA) is 55.4 Å². The molecule has 5 rings (SSSR count). The Morgan fingerprint density at radius 3 is 2.33 bits per heavy atom. The number of amides is 1. The molecular weight excluding hydrogens is 326 g/mol. The number of halogens is 1. The van der Waals surface area contributed by atoms with Gasteiger partial charge in [0.2, 0.25) is 0 Å². The van der Waals surface area contributed by atoms with Gasteiger partial charge in [-0.3, -0.25) is 9.59 Å². The van der Waals surface area contributed by atoms with Gasteiger partial charge in [0, 0.05) is 10.9 Å². The van der Waals surface area contributed by atoms with Crippen LogP contribution in [0.1, 0.15) is 71.1 Å². The van der Waals surface area contributed by atoms with Crippen molar-refractivity contribution in [2.24, 2.45) is 17.3 Å². The molecule has 4 bridgehead atoms. The molecule has 0 aromatic carbocycles. The third-order valence-corrected chi connectivity index (χ3v) is 7.22. The van der Waals surface area contributed by atoms with Crippen molar-refractivity contribution in [2.45, 2.75) is 88.2 Å². The summed E-state index contributed by atoms with van der Waals surface area (Å²) in [5, 5.41) is 3.02. The number of rotatable bonds is 4. The number of nitrogens with one attached hydrogen (secondary N) is 1. The van der Waals surface area contributed by atoms with Gasteiger partial charge in [-0.25, -0.2) is 0 Å². The number of ether oxygens (including phenoxy) is 1. The first-order chi connectivity index (χ1) is 11.4. The van der Waals surface area contributed by atoms with Crippen LogP contribution in [0.5, 0.6) is 0 Å². The zero-order chi connectivity index (χ0) is 16.9. The molecule has 5 aliphatic rings. The van der Waals surface area contributed by atoms with Gasteiger partial charge in [-0.05, 0) is 70.1 Å². The van der Waals surface area contributed by atoms with E-state index in [0.29, 0.717) is 11.8 Å². The molecule has 0 spiro atoms. The fourth-order valence-electron chi connectivity index (χ4n) is 6.12. The molecule has 0 aromatic rings. The minimum Gasteiger partial charge on any atom is -0.452 e. The van der Waals surface area contributed by atoms with Crippen LogP contribution in [0.2, 0.25) is 0 Å². The average Bonchev–Trinajstić information content (AvgIpc) is 2.97. The molecule has 4 nitrogen and oxygen atoms in total. The van der Waals surface area contributed by atoms with Gasteiger partial charge in [0.05, 0.1) is 5.41 Å². The summed E-state index contributed by atoms with van der Waals surface area (Å²) in [7, 11) is 0. The van der Waals surface area contributed by atoms with Crippen LogP contribution in [0.15, 0.2) is 0 Å². The molecular formula is C19H28ClNO3. The summed E-state index contributed by atoms with van der Waals surface area (Å²) in [5.74, 6) is 0.772. The van der Waals surface area contributed by atoms with Crippen molar-refractivity contribution in [3.8, 4) is 0 Å². The second-order valence-corrected chi connectivity index (χ2v) is 9.73. The van der Waals surface area contributed by atoms with Gasteiger partial charge < -0.3 is 10.1 Å². The van der Waals surface area contributed by atoms with E-state index in [0.717, 1.165) is 44.9 Å². The second kappa shape index (κ2) is 5.89. The lowest BCUT2D eigenvalue weighted by atomic mass is 9.49. The first-order valence-electron chi connectivity index (χ1n) is 9.58. The van der Waals surface area contributed by atoms with Crippen LogP contribution in [0.25, 0.3) is 0 Å². The second-order valence-electron chi connectivity index (χ2n) is 8.93. The summed E-state index contributed by atoms with van der Waals surface area (Å²) in [6, 6.07) is 0.254. The Kier molecular flexibility index (Phi) is 4.10. The standard InChI is InChI=1S/C19H28ClNO3/c1-12(16(22)21-15-4-2-3-5-15)24-17(23)18-7-13-6-14(8-18)10-19(20,9-13)11-18/h12-15H,2-11H2,1H3,(H,21,22)/t12-,13-,14-,18?,19?/m0/s1. The fraction of sp³-hybridized carbons (Fsp3) is 0.895. The maximum absolute atomic E-state index is 12.9. The number of hydrogen-bond acceptors (Lipinski definition) is 3. The van der Waals surface area contributed by atoms with Crippen molar-refractivity contribution in [3.05, 3.63) is 0 Å². The summed E-state index contributed by atoms with van der Waals surface area (Å²) in [4.78, 5) is 25.0. The van der Waals surface area contributed by atoms with Crippen LogP contribution in [-0.4, -0.2) is 28.9 Å². The summed E-state index contributed by atoms with van der Waals surface area (Å²) >= 11 is 6.79. The molecule has 5 aliphatic carbocycles. The van der Waals surface area contributed by atoms with Crippen LogP contribution in [-0.2, 0) is 14.3 Å². The Bertz CT molecular complexity index is 529. The van der Waals surface area contributed by atoms with Crippen molar-refractivity contribution < 1.29 is 14.3 Å². The van der Waals surface area contributed by atoms with Gasteiger partial charge in [-0.15, -0.1) is 11.6 Å². The van der Waals surface area contributed by atoms with Gasteiger partial charge in [0.1, 0.15) is 0 Å². The highest BCUT2D eigenvalue weighted by Gasteiger charge is 2.61. The zero-order valence-electron chi connectivity index (χ0n) is 14.5. The molecule has 0 radical (unpaired) electrons. The van der Waals surface area contributed by atoms with Gasteiger partial charge >= 0.3 is 5.97 Å². The van der Waals surface area contributed by atoms with E-state index in [1.807, 2.05) is 0 Å². The van der Waals surface area contributed by atoms with E-state index in [-0.39, 0.29) is 22.8 Å². The zero-order valence-corrected chi connectivity index (χ0v) is 15.2. The molecule has 0 heterocycles. The Morgan fingerprint density at radius 1 is 1.12 bits per heavy atom. The maximum atomic E-state index is 12.9. The van der Waals surface area contributed by atoms with Crippen LogP contribution in [0.3, 0.4) is 0 Å². The quantitative estimate of drug-likeness (QED) is 0.621. The van der Waals surface area contributed by atoms with Crippen LogP contribution >= 0.6 is 11.6 Å². The predicted octanol–water partition coefficient (Wildman–Crippen LogP) is 3.55. The van der Waals surface area contributed by atoms with Gasteiger partial charge in [-0.2, -0.15) is 0 Å². The molecule has 0 aliphatic heterocycles. The molecule has 1 amide bonds. The van der Waals surface area contributed by atoms with E-state index in [9.17, 15) is 9.59 Å². The van der Waals surface area contributed by atoms with Crippen molar-refractivity contribution in [2.75, 3.05) is 0 Å². The number of alkyl halides is 1. The molecule has 5 heteroatoms. The normalized spacial score (nSPS) is 42.1. The number of carbonyl (C=O) groups excluding carboxylic acids is 2. The molecule has 5 fully saturated rings. The van der Waals surface area contributed by atoms with Crippen molar-refractivity contribution in [3.63, 3.8) is 0 Å². The summed E-state index contributed by atoms with van der Waals surface area (Å²) in [6.45, 7) is 1.69. The number of hydrogen-bond donors (Lipinski definition) is 1. The Balaban J connectivity index is 1.39. The van der Waals surface area contributed by atoms with Gasteiger partial charge in [0.25, 0.3) is 5.91 Å². The summed E-state index contributed by atoms with van der Waals surface area (Å²) < 4.78 is 5.64. The molecule has 5 saturated carbocycles. The van der Waals surface area contributed by atoms with Crippen LogP contribution in [0.4, 0.5) is 0 Å². The van der Waals surface area contributed by atoms with Crippen molar-refractivity contribution in [1.82, 2.24) is 5.32 Å². The summed E-state index contributed by atoms with van der Waals surface area (Å²) in [5.41, 5.74) is -0.437. The molecule has 24 heavy (non-hydrogen) atoms. The SMILES string of the molecule is C[C@H](OC(=O)C12C[C@@H]3C[C@H](CC(Cl)(C3)C1)C2)C(=O)NC1CCCC1. The van der Waals surface area contributed by atoms with Crippen molar-refractivity contribution >= 4 is 23.5 Å². The Labute approximate surface area is 149 Å². The van der Waals surface area contributed by atoms with E-state index in [2.05, 4.69) is 5.32 Å². The molecule has 0 aromatic heterocycles.